The molecule has 0 bridgehead atoms. The predicted molar refractivity (Wildman–Crippen MR) is 63.7 cm³/mol. The molecule has 0 aliphatic carbocycles. The molecule has 3 heteroatoms. The molecule has 0 fully saturated rings. The first-order valence-electron chi connectivity index (χ1n) is 5.94. The molecular formula is C13H21NO2. The Balaban J connectivity index is 3.35. The van der Waals surface area contributed by atoms with Gasteiger partial charge in [-0.05, 0) is 6.42 Å². The standard InChI is InChI=1S/C13H21NO2/c1-3-4-5-6-7-8-11-16-13(15)12(2)9-10-14/h2-9,11H2,1H3. The Kier molecular flexibility index (Phi) is 9.39. The summed E-state index contributed by atoms with van der Waals surface area (Å²) in [6, 6.07) is 1.87. The SMILES string of the molecule is C=C(CC#N)C(=O)OCCCCCCCC. The Morgan fingerprint density at radius 1 is 1.25 bits per heavy atom. The summed E-state index contributed by atoms with van der Waals surface area (Å²) in [7, 11) is 0. The second-order valence-electron chi connectivity index (χ2n) is 3.84. The Hall–Kier alpha value is -1.30. The lowest BCUT2D eigenvalue weighted by molar-refractivity contribution is -0.139. The summed E-state index contributed by atoms with van der Waals surface area (Å²) in [5.41, 5.74) is 0.244. The van der Waals surface area contributed by atoms with Gasteiger partial charge in [0.1, 0.15) is 0 Å². The highest BCUT2D eigenvalue weighted by molar-refractivity contribution is 5.88. The van der Waals surface area contributed by atoms with Crippen molar-refractivity contribution in [3.8, 4) is 6.07 Å². The van der Waals surface area contributed by atoms with Crippen LogP contribution in [0.4, 0.5) is 0 Å². The molecular weight excluding hydrogens is 202 g/mol. The van der Waals surface area contributed by atoms with Crippen molar-refractivity contribution in [3.05, 3.63) is 12.2 Å². The fourth-order valence-corrected chi connectivity index (χ4v) is 1.32. The number of hydrogen-bond donors (Lipinski definition) is 0. The zero-order valence-electron chi connectivity index (χ0n) is 10.1. The summed E-state index contributed by atoms with van der Waals surface area (Å²) in [5, 5.41) is 8.36. The van der Waals surface area contributed by atoms with Crippen LogP contribution in [0, 0.1) is 11.3 Å². The van der Waals surface area contributed by atoms with Gasteiger partial charge in [0.15, 0.2) is 0 Å². The monoisotopic (exact) mass is 223 g/mol. The predicted octanol–water partition coefficient (Wildman–Crippen LogP) is 3.36. The molecule has 16 heavy (non-hydrogen) atoms. The molecule has 0 saturated carbocycles. The number of carbonyl (C=O) groups is 1. The molecule has 0 saturated heterocycles. The van der Waals surface area contributed by atoms with Gasteiger partial charge in [-0.2, -0.15) is 5.26 Å². The second kappa shape index (κ2) is 10.2. The van der Waals surface area contributed by atoms with Crippen LogP contribution in [-0.2, 0) is 9.53 Å². The number of esters is 1. The maximum Gasteiger partial charge on any atom is 0.334 e. The van der Waals surface area contributed by atoms with Crippen molar-refractivity contribution in [2.75, 3.05) is 6.61 Å². The number of rotatable bonds is 9. The molecule has 90 valence electrons. The molecule has 0 aliphatic heterocycles. The van der Waals surface area contributed by atoms with E-state index >= 15 is 0 Å². The van der Waals surface area contributed by atoms with E-state index in [0.29, 0.717) is 6.61 Å². The lowest BCUT2D eigenvalue weighted by Crippen LogP contribution is -2.07. The van der Waals surface area contributed by atoms with Crippen molar-refractivity contribution < 1.29 is 9.53 Å². The number of ether oxygens (including phenoxy) is 1. The second-order valence-corrected chi connectivity index (χ2v) is 3.84. The van der Waals surface area contributed by atoms with Gasteiger partial charge >= 0.3 is 5.97 Å². The smallest absolute Gasteiger partial charge is 0.334 e. The van der Waals surface area contributed by atoms with Crippen LogP contribution in [0.3, 0.4) is 0 Å². The molecule has 0 unspecified atom stereocenters. The number of hydrogen-bond acceptors (Lipinski definition) is 3. The van der Waals surface area contributed by atoms with E-state index in [4.69, 9.17) is 10.00 Å². The molecule has 0 spiro atoms. The third kappa shape index (κ3) is 8.05. The zero-order chi connectivity index (χ0) is 12.2. The molecule has 0 atom stereocenters. The first kappa shape index (κ1) is 14.7. The summed E-state index contributed by atoms with van der Waals surface area (Å²) in [6.45, 7) is 6.11. The third-order valence-corrected chi connectivity index (χ3v) is 2.31. The fourth-order valence-electron chi connectivity index (χ4n) is 1.32. The van der Waals surface area contributed by atoms with Gasteiger partial charge in [-0.15, -0.1) is 0 Å². The topological polar surface area (TPSA) is 50.1 Å². The van der Waals surface area contributed by atoms with Crippen LogP contribution in [0.15, 0.2) is 12.2 Å². The van der Waals surface area contributed by atoms with Gasteiger partial charge in [-0.1, -0.05) is 45.6 Å². The fraction of sp³-hybridized carbons (Fsp3) is 0.692. The third-order valence-electron chi connectivity index (χ3n) is 2.31. The molecule has 0 rings (SSSR count). The molecule has 0 aliphatic rings. The summed E-state index contributed by atoms with van der Waals surface area (Å²) >= 11 is 0. The van der Waals surface area contributed by atoms with Crippen LogP contribution in [0.5, 0.6) is 0 Å². The van der Waals surface area contributed by atoms with Crippen LogP contribution in [-0.4, -0.2) is 12.6 Å². The van der Waals surface area contributed by atoms with E-state index < -0.39 is 5.97 Å². The van der Waals surface area contributed by atoms with E-state index in [1.54, 1.807) is 0 Å². The van der Waals surface area contributed by atoms with E-state index in [-0.39, 0.29) is 12.0 Å². The minimum Gasteiger partial charge on any atom is -0.462 e. The summed E-state index contributed by atoms with van der Waals surface area (Å²) in [4.78, 5) is 11.2. The van der Waals surface area contributed by atoms with Gasteiger partial charge in [0, 0.05) is 5.57 Å². The normalized spacial score (nSPS) is 9.50. The number of nitriles is 1. The highest BCUT2D eigenvalue weighted by Crippen LogP contribution is 2.06. The van der Waals surface area contributed by atoms with Crippen molar-refractivity contribution in [3.63, 3.8) is 0 Å². The van der Waals surface area contributed by atoms with Gasteiger partial charge in [0.05, 0.1) is 19.1 Å². The molecule has 0 radical (unpaired) electrons. The molecule has 0 aromatic carbocycles. The lowest BCUT2D eigenvalue weighted by Gasteiger charge is -2.04. The number of nitrogens with zero attached hydrogens (tertiary/aromatic N) is 1. The molecule has 3 nitrogen and oxygen atoms in total. The average molecular weight is 223 g/mol. The molecule has 0 amide bonds. The number of unbranched alkanes of at least 4 members (excludes halogenated alkanes) is 5. The highest BCUT2D eigenvalue weighted by Gasteiger charge is 2.06. The number of carbonyl (C=O) groups excluding carboxylic acids is 1. The lowest BCUT2D eigenvalue weighted by atomic mass is 10.1. The Morgan fingerprint density at radius 2 is 1.88 bits per heavy atom. The van der Waals surface area contributed by atoms with E-state index in [0.717, 1.165) is 12.8 Å². The first-order chi connectivity index (χ1) is 7.72. The molecule has 0 N–H and O–H groups in total. The van der Waals surface area contributed by atoms with Gasteiger partial charge in [-0.25, -0.2) is 4.79 Å². The van der Waals surface area contributed by atoms with Crippen molar-refractivity contribution >= 4 is 5.97 Å². The van der Waals surface area contributed by atoms with Crippen LogP contribution >= 0.6 is 0 Å². The van der Waals surface area contributed by atoms with Crippen LogP contribution in [0.2, 0.25) is 0 Å². The average Bonchev–Trinajstić information content (AvgIpc) is 2.28. The highest BCUT2D eigenvalue weighted by atomic mass is 16.5. The minimum absolute atomic E-state index is 0.0509. The van der Waals surface area contributed by atoms with Gasteiger partial charge in [-0.3, -0.25) is 0 Å². The van der Waals surface area contributed by atoms with Crippen molar-refractivity contribution in [1.29, 1.82) is 5.26 Å². The zero-order valence-corrected chi connectivity index (χ0v) is 10.1. The van der Waals surface area contributed by atoms with Crippen LogP contribution in [0.25, 0.3) is 0 Å². The quantitative estimate of drug-likeness (QED) is 0.342. The largest absolute Gasteiger partial charge is 0.462 e. The summed E-state index contributed by atoms with van der Waals surface area (Å²) in [6.07, 6.45) is 7.01. The van der Waals surface area contributed by atoms with E-state index in [2.05, 4.69) is 13.5 Å². The van der Waals surface area contributed by atoms with E-state index in [1.165, 1.54) is 25.7 Å². The molecule has 0 aromatic heterocycles. The van der Waals surface area contributed by atoms with Crippen LogP contribution < -0.4 is 0 Å². The molecule has 0 aromatic rings. The summed E-state index contributed by atoms with van der Waals surface area (Å²) in [5.74, 6) is -0.435. The first-order valence-corrected chi connectivity index (χ1v) is 5.94. The van der Waals surface area contributed by atoms with Gasteiger partial charge in [0.2, 0.25) is 0 Å². The maximum atomic E-state index is 11.2. The Labute approximate surface area is 98.1 Å². The Morgan fingerprint density at radius 3 is 2.50 bits per heavy atom. The minimum atomic E-state index is -0.435. The van der Waals surface area contributed by atoms with Crippen molar-refractivity contribution in [1.82, 2.24) is 0 Å². The van der Waals surface area contributed by atoms with Gasteiger partial charge in [0.25, 0.3) is 0 Å². The van der Waals surface area contributed by atoms with Gasteiger partial charge < -0.3 is 4.74 Å². The van der Waals surface area contributed by atoms with Crippen molar-refractivity contribution in [2.24, 2.45) is 0 Å². The van der Waals surface area contributed by atoms with E-state index in [1.807, 2.05) is 6.07 Å². The maximum absolute atomic E-state index is 11.2. The molecule has 0 heterocycles. The van der Waals surface area contributed by atoms with Crippen molar-refractivity contribution in [2.45, 2.75) is 51.9 Å². The van der Waals surface area contributed by atoms with E-state index in [9.17, 15) is 4.79 Å². The summed E-state index contributed by atoms with van der Waals surface area (Å²) < 4.78 is 4.97. The van der Waals surface area contributed by atoms with Crippen LogP contribution in [0.1, 0.15) is 51.9 Å². The Bertz CT molecular complexity index is 253.